The minimum atomic E-state index is -1.38. The normalized spacial score (nSPS) is 11.7. The zero-order chi connectivity index (χ0) is 38.3. The fourth-order valence-corrected chi connectivity index (χ4v) is 6.78. The number of rotatable bonds is 24. The second-order valence-corrected chi connectivity index (χ2v) is 12.9. The number of hydrogen-bond donors (Lipinski definition) is 1. The maximum Gasteiger partial charge on any atom is 1.00 e. The van der Waals surface area contributed by atoms with E-state index in [1.165, 1.54) is 0 Å². The molecule has 14 heteroatoms. The van der Waals surface area contributed by atoms with Gasteiger partial charge in [-0.25, -0.2) is 0 Å². The van der Waals surface area contributed by atoms with Crippen molar-refractivity contribution < 1.29 is 196 Å². The van der Waals surface area contributed by atoms with Crippen molar-refractivity contribution in [3.05, 3.63) is 123 Å². The molecule has 0 radical (unpaired) electrons. The van der Waals surface area contributed by atoms with Crippen LogP contribution in [0.1, 0.15) is 69.7 Å². The van der Waals surface area contributed by atoms with Gasteiger partial charge in [-0.05, 0) is 53.8 Å². The molecule has 0 saturated heterocycles. The first-order valence-electron chi connectivity index (χ1n) is 18.1. The van der Waals surface area contributed by atoms with Crippen LogP contribution in [0.25, 0.3) is 11.1 Å². The van der Waals surface area contributed by atoms with Gasteiger partial charge in [0.05, 0.1) is 90.3 Å². The Kier molecular flexibility index (Phi) is 30.4. The molecule has 0 spiro atoms. The molecule has 0 atom stereocenters. The van der Waals surface area contributed by atoms with Crippen LogP contribution in [0.5, 0.6) is 5.75 Å². The van der Waals surface area contributed by atoms with E-state index in [2.05, 4.69) is 42.7 Å². The summed E-state index contributed by atoms with van der Waals surface area (Å²) in [5.41, 5.74) is 7.35. The van der Waals surface area contributed by atoms with Gasteiger partial charge in [0.2, 0.25) is 0 Å². The number of carboxylic acid groups (broad SMARTS) is 1. The first-order chi connectivity index (χ1) is 26.3. The average Bonchev–Trinajstić information content (AvgIpc) is 3.45. The van der Waals surface area contributed by atoms with Gasteiger partial charge >= 0.3 is 138 Å². The van der Waals surface area contributed by atoms with Gasteiger partial charge in [-0.3, -0.25) is 0 Å². The number of ether oxygens (including phenoxy) is 7. The third-order valence-electron chi connectivity index (χ3n) is 9.26. The first-order valence-corrected chi connectivity index (χ1v) is 18.1. The Balaban J connectivity index is 0.00000673. The van der Waals surface area contributed by atoms with Crippen molar-refractivity contribution in [2.24, 2.45) is 0 Å². The monoisotopic (exact) mass is 1060 g/mol. The van der Waals surface area contributed by atoms with Crippen LogP contribution < -0.4 is 148 Å². The van der Waals surface area contributed by atoms with Crippen LogP contribution in [0.3, 0.4) is 0 Å². The minimum Gasteiger partial charge on any atom is -0.870 e. The Morgan fingerprint density at radius 2 is 1.15 bits per heavy atom. The summed E-state index contributed by atoms with van der Waals surface area (Å²) in [7, 11) is 1.61. The van der Waals surface area contributed by atoms with E-state index in [-0.39, 0.29) is 202 Å². The number of aromatic carboxylic acids is 1. The summed E-state index contributed by atoms with van der Waals surface area (Å²) in [6.07, 6.45) is 2.12. The number of aryl methyl sites for hydroxylation is 2. The van der Waals surface area contributed by atoms with Crippen molar-refractivity contribution in [2.75, 3.05) is 86.4 Å². The van der Waals surface area contributed by atoms with Crippen molar-refractivity contribution in [3.63, 3.8) is 0 Å². The minimum absolute atomic E-state index is 0. The van der Waals surface area contributed by atoms with Crippen molar-refractivity contribution in [1.29, 1.82) is 0 Å². The number of carbonyl (C=O) groups is 1. The largest absolute Gasteiger partial charge is 1.00 e. The summed E-state index contributed by atoms with van der Waals surface area (Å²) < 4.78 is 38.4. The summed E-state index contributed by atoms with van der Waals surface area (Å²) in [6.45, 7) is 7.94. The van der Waals surface area contributed by atoms with Crippen LogP contribution in [0.2, 0.25) is 0 Å². The smallest absolute Gasteiger partial charge is 0.870 e. The number of carboxylic acids is 1. The second kappa shape index (κ2) is 30.6. The number of hydrogen-bond acceptors (Lipinski definition) is 12. The Hall–Kier alpha value is -0.396. The molecule has 1 aliphatic carbocycles. The molecule has 0 saturated carbocycles. The van der Waals surface area contributed by atoms with Crippen LogP contribution in [0.4, 0.5) is 0 Å². The molecule has 5 rings (SSSR count). The van der Waals surface area contributed by atoms with Crippen LogP contribution in [-0.4, -0.2) is 109 Å². The molecule has 1 aliphatic rings. The standard InChI is InChI=1S/C43H49O11.2CH4.2Cs.H2O/c1-30-4-9-36-37-10-5-31(2)25-40(37)43(39(36)24-30,34-7-6-32(33(26-34)28-45)29-53-21-20-51-17-16-49-13-12-44)35-8-11-41(38(27-35)42(46)47)54-23-22-52-19-18-50-15-14-48-3;;;;;/h4-11,24-27,44H,12-23,29H2,1-3H3,(H,46,47);2*1H4;;;1H2/q-1;;;2*+1;/p-2. The molecule has 0 aromatic heterocycles. The number of fused-ring (bicyclic) bond motifs is 3. The van der Waals surface area contributed by atoms with Gasteiger partial charge in [-0.1, -0.05) is 80.1 Å². The Labute approximate surface area is 467 Å². The number of aliphatic hydroxyl groups is 1. The third kappa shape index (κ3) is 15.4. The van der Waals surface area contributed by atoms with Crippen molar-refractivity contribution in [2.45, 2.75) is 40.7 Å². The van der Waals surface area contributed by atoms with E-state index in [4.69, 9.17) is 38.3 Å². The second-order valence-electron chi connectivity index (χ2n) is 12.9. The molecule has 0 unspecified atom stereocenters. The maximum absolute atomic E-state index is 12.7. The van der Waals surface area contributed by atoms with E-state index in [0.29, 0.717) is 69.5 Å². The van der Waals surface area contributed by atoms with E-state index >= 15 is 0 Å². The number of methoxy groups -OCH3 is 1. The van der Waals surface area contributed by atoms with Crippen LogP contribution in [0.15, 0.2) is 72.8 Å². The van der Waals surface area contributed by atoms with Crippen LogP contribution in [-0.2, 0) is 45.2 Å². The molecular weight excluding hydrogens is 998 g/mol. The van der Waals surface area contributed by atoms with Crippen LogP contribution >= 0.6 is 0 Å². The first kappa shape index (κ1) is 58.6. The number of carbonyl (C=O) groups excluding carboxylic acids is 2. The van der Waals surface area contributed by atoms with E-state index in [9.17, 15) is 14.7 Å². The fourth-order valence-electron chi connectivity index (χ4n) is 6.78. The van der Waals surface area contributed by atoms with Gasteiger partial charge in [-0.2, -0.15) is 6.07 Å². The van der Waals surface area contributed by atoms with Crippen molar-refractivity contribution in [3.8, 4) is 16.9 Å². The average molecular weight is 1060 g/mol. The maximum atomic E-state index is 12.7. The molecule has 12 nitrogen and oxygen atoms in total. The predicted molar refractivity (Wildman–Crippen MR) is 215 cm³/mol. The Morgan fingerprint density at radius 1 is 0.661 bits per heavy atom. The van der Waals surface area contributed by atoms with Gasteiger partial charge < -0.3 is 58.4 Å². The van der Waals surface area contributed by atoms with Gasteiger partial charge in [0.1, 0.15) is 12.4 Å². The molecule has 312 valence electrons. The molecule has 2 N–H and O–H groups in total. The SMILES string of the molecule is C.C.COCCOCCOCCOc1ccc(C2(c3ccc(COCCOCCOCCO)c([C-]=O)c3)c3cc(C)ccc3-c3ccc(C)cc32)cc1C(=O)[O-].[Cs+].[Cs+].[OH-]. The number of aliphatic hydroxyl groups excluding tert-OH is 1. The van der Waals surface area contributed by atoms with E-state index in [1.807, 2.05) is 38.1 Å². The predicted octanol–water partition coefficient (Wildman–Crippen LogP) is -0.808. The van der Waals surface area contributed by atoms with E-state index < -0.39 is 11.4 Å². The zero-order valence-corrected chi connectivity index (χ0v) is 46.2. The fraction of sp³-hybridized carbons (Fsp3) is 0.422. The van der Waals surface area contributed by atoms with Gasteiger partial charge in [-0.15, -0.1) is 17.2 Å². The summed E-state index contributed by atoms with van der Waals surface area (Å²) >= 11 is 0. The van der Waals surface area contributed by atoms with Gasteiger partial charge in [0.15, 0.2) is 0 Å². The quantitative estimate of drug-likeness (QED) is 0.0604. The molecular formula is C45H57Cs2O12-. The topological polar surface area (TPSA) is 172 Å². The zero-order valence-electron chi connectivity index (χ0n) is 33.6. The summed E-state index contributed by atoms with van der Waals surface area (Å²) in [5.74, 6) is -1.21. The molecule has 4 aromatic carbocycles. The molecule has 0 fully saturated rings. The molecule has 0 heterocycles. The molecule has 0 amide bonds. The molecule has 0 aliphatic heterocycles. The summed E-state index contributed by atoms with van der Waals surface area (Å²) in [6, 6.07) is 23.4. The third-order valence-corrected chi connectivity index (χ3v) is 9.26. The molecule has 0 bridgehead atoms. The van der Waals surface area contributed by atoms with Crippen molar-refractivity contribution >= 4 is 12.3 Å². The molecule has 59 heavy (non-hydrogen) atoms. The Bertz CT molecular complexity index is 1820. The summed E-state index contributed by atoms with van der Waals surface area (Å²) in [4.78, 5) is 25.3. The van der Waals surface area contributed by atoms with E-state index in [0.717, 1.165) is 38.9 Å². The van der Waals surface area contributed by atoms with E-state index in [1.54, 1.807) is 19.2 Å². The summed E-state index contributed by atoms with van der Waals surface area (Å²) in [5, 5.41) is 21.5. The van der Waals surface area contributed by atoms with Crippen LogP contribution in [0, 0.1) is 13.8 Å². The Morgan fingerprint density at radius 3 is 1.68 bits per heavy atom. The van der Waals surface area contributed by atoms with Gasteiger partial charge in [0, 0.05) is 19.3 Å². The van der Waals surface area contributed by atoms with Crippen molar-refractivity contribution in [1.82, 2.24) is 0 Å². The molecule has 4 aromatic rings. The number of benzene rings is 4. The van der Waals surface area contributed by atoms with Gasteiger partial charge in [0.25, 0.3) is 0 Å².